The molecular weight excluding hydrogens is 250 g/mol. The maximum Gasteiger partial charge on any atom is 0.411 e. The topological polar surface area (TPSA) is 99.0 Å². The zero-order valence-electron chi connectivity index (χ0n) is 10.4. The van der Waals surface area contributed by atoms with Crippen molar-refractivity contribution >= 4 is 11.8 Å². The van der Waals surface area contributed by atoms with Crippen molar-refractivity contribution in [3.63, 3.8) is 0 Å². The second kappa shape index (κ2) is 7.52. The predicted molar refractivity (Wildman–Crippen MR) is 69.4 cm³/mol. The molecular formula is C13H17NO5. The monoisotopic (exact) mass is 267 g/mol. The van der Waals surface area contributed by atoms with Crippen LogP contribution in [0.25, 0.3) is 0 Å². The van der Waals surface area contributed by atoms with Gasteiger partial charge in [-0.25, -0.2) is 4.79 Å². The molecule has 0 aliphatic heterocycles. The molecule has 1 aromatic carbocycles. The van der Waals surface area contributed by atoms with Crippen LogP contribution in [0.5, 0.6) is 0 Å². The summed E-state index contributed by atoms with van der Waals surface area (Å²) < 4.78 is 4.77. The molecule has 0 fully saturated rings. The van der Waals surface area contributed by atoms with Crippen LogP contribution in [0.4, 0.5) is 10.5 Å². The van der Waals surface area contributed by atoms with Gasteiger partial charge in [0.2, 0.25) is 0 Å². The molecule has 1 amide bonds. The Morgan fingerprint density at radius 3 is 2.21 bits per heavy atom. The number of nitrogens with one attached hydrogen (secondary N) is 1. The molecule has 6 nitrogen and oxygen atoms in total. The van der Waals surface area contributed by atoms with E-state index in [9.17, 15) is 15.0 Å². The molecule has 1 rings (SSSR count). The molecule has 1 aromatic rings. The standard InChI is InChI=1S/C13H17NO5/c1-2-3-19-13(18)14-12-10(7-16)4-9(6-15)5-11(12)8-17/h2,4-5,15-17H,1,3,6-8H2,(H,14,18). The van der Waals surface area contributed by atoms with Crippen LogP contribution >= 0.6 is 0 Å². The average molecular weight is 267 g/mol. The largest absolute Gasteiger partial charge is 0.445 e. The lowest BCUT2D eigenvalue weighted by Gasteiger charge is -2.15. The molecule has 0 saturated carbocycles. The molecule has 4 N–H and O–H groups in total. The molecule has 0 heterocycles. The van der Waals surface area contributed by atoms with Crippen LogP contribution in [0.1, 0.15) is 16.7 Å². The third-order valence-electron chi connectivity index (χ3n) is 2.44. The minimum atomic E-state index is -0.707. The fourth-order valence-electron chi connectivity index (χ4n) is 1.61. The maximum atomic E-state index is 11.5. The third-order valence-corrected chi connectivity index (χ3v) is 2.44. The number of amides is 1. The normalized spacial score (nSPS) is 10.1. The Balaban J connectivity index is 3.03. The SMILES string of the molecule is C=CCOC(=O)Nc1c(CO)cc(CO)cc1CO. The van der Waals surface area contributed by atoms with Crippen molar-refractivity contribution in [2.45, 2.75) is 19.8 Å². The molecule has 0 radical (unpaired) electrons. The first-order valence-electron chi connectivity index (χ1n) is 5.68. The van der Waals surface area contributed by atoms with E-state index in [1.165, 1.54) is 6.08 Å². The fraction of sp³-hybridized carbons (Fsp3) is 0.308. The van der Waals surface area contributed by atoms with Crippen molar-refractivity contribution in [1.82, 2.24) is 0 Å². The first kappa shape index (κ1) is 15.2. The summed E-state index contributed by atoms with van der Waals surface area (Å²) in [7, 11) is 0. The van der Waals surface area contributed by atoms with E-state index in [0.29, 0.717) is 16.7 Å². The van der Waals surface area contributed by atoms with E-state index < -0.39 is 6.09 Å². The number of ether oxygens (including phenoxy) is 1. The van der Waals surface area contributed by atoms with Gasteiger partial charge in [-0.15, -0.1) is 0 Å². The number of hydrogen-bond donors (Lipinski definition) is 4. The summed E-state index contributed by atoms with van der Waals surface area (Å²) in [5.74, 6) is 0. The molecule has 104 valence electrons. The number of benzene rings is 1. The van der Waals surface area contributed by atoms with Gasteiger partial charge in [0.05, 0.1) is 25.5 Å². The Morgan fingerprint density at radius 1 is 1.21 bits per heavy atom. The Morgan fingerprint density at radius 2 is 1.79 bits per heavy atom. The summed E-state index contributed by atoms with van der Waals surface area (Å²) in [6.07, 6.45) is 0.718. The number of rotatable bonds is 6. The van der Waals surface area contributed by atoms with Crippen LogP contribution in [0.15, 0.2) is 24.8 Å². The van der Waals surface area contributed by atoms with Gasteiger partial charge >= 0.3 is 6.09 Å². The van der Waals surface area contributed by atoms with Gasteiger partial charge in [0.1, 0.15) is 6.61 Å². The number of carbonyl (C=O) groups is 1. The highest BCUT2D eigenvalue weighted by Gasteiger charge is 2.13. The number of anilines is 1. The van der Waals surface area contributed by atoms with Gasteiger partial charge in [-0.05, 0) is 17.7 Å². The zero-order valence-corrected chi connectivity index (χ0v) is 10.4. The quantitative estimate of drug-likeness (QED) is 0.574. The Bertz CT molecular complexity index is 433. The van der Waals surface area contributed by atoms with Gasteiger partial charge in [-0.2, -0.15) is 0 Å². The summed E-state index contributed by atoms with van der Waals surface area (Å²) in [6.45, 7) is 2.58. The smallest absolute Gasteiger partial charge is 0.411 e. The van der Waals surface area contributed by atoms with E-state index in [0.717, 1.165) is 0 Å². The molecule has 0 unspecified atom stereocenters. The Hall–Kier alpha value is -1.89. The lowest BCUT2D eigenvalue weighted by Crippen LogP contribution is -2.17. The van der Waals surface area contributed by atoms with Crippen LogP contribution in [-0.2, 0) is 24.6 Å². The summed E-state index contributed by atoms with van der Waals surface area (Å²) in [5, 5.41) is 30.1. The van der Waals surface area contributed by atoms with E-state index in [-0.39, 0.29) is 32.1 Å². The van der Waals surface area contributed by atoms with Gasteiger partial charge in [0, 0.05) is 11.1 Å². The number of aliphatic hydroxyl groups excluding tert-OH is 3. The van der Waals surface area contributed by atoms with Crippen LogP contribution in [-0.4, -0.2) is 28.0 Å². The molecule has 0 atom stereocenters. The van der Waals surface area contributed by atoms with E-state index in [2.05, 4.69) is 11.9 Å². The van der Waals surface area contributed by atoms with Gasteiger partial charge < -0.3 is 20.1 Å². The van der Waals surface area contributed by atoms with Crippen LogP contribution in [0.3, 0.4) is 0 Å². The predicted octanol–water partition coefficient (Wildman–Crippen LogP) is 0.898. The highest BCUT2D eigenvalue weighted by molar-refractivity contribution is 5.87. The van der Waals surface area contributed by atoms with E-state index in [1.807, 2.05) is 0 Å². The van der Waals surface area contributed by atoms with Crippen molar-refractivity contribution < 1.29 is 24.9 Å². The molecule has 19 heavy (non-hydrogen) atoms. The van der Waals surface area contributed by atoms with Gasteiger partial charge in [-0.1, -0.05) is 12.7 Å². The van der Waals surface area contributed by atoms with E-state index in [4.69, 9.17) is 9.84 Å². The lowest BCUT2D eigenvalue weighted by molar-refractivity contribution is 0.174. The van der Waals surface area contributed by atoms with Crippen LogP contribution in [0, 0.1) is 0 Å². The molecule has 0 aromatic heterocycles. The minimum absolute atomic E-state index is 0.0590. The van der Waals surface area contributed by atoms with Crippen molar-refractivity contribution in [1.29, 1.82) is 0 Å². The molecule has 0 aliphatic carbocycles. The first-order valence-corrected chi connectivity index (χ1v) is 5.68. The highest BCUT2D eigenvalue weighted by atomic mass is 16.5. The first-order chi connectivity index (χ1) is 9.15. The van der Waals surface area contributed by atoms with Crippen LogP contribution < -0.4 is 5.32 Å². The van der Waals surface area contributed by atoms with E-state index >= 15 is 0 Å². The Labute approximate surface area is 111 Å². The molecule has 0 aliphatic rings. The minimum Gasteiger partial charge on any atom is -0.445 e. The summed E-state index contributed by atoms with van der Waals surface area (Å²) >= 11 is 0. The van der Waals surface area contributed by atoms with Crippen molar-refractivity contribution in [2.75, 3.05) is 11.9 Å². The van der Waals surface area contributed by atoms with Gasteiger partial charge in [-0.3, -0.25) is 5.32 Å². The summed E-state index contributed by atoms with van der Waals surface area (Å²) in [5.41, 5.74) is 1.62. The second-order valence-corrected chi connectivity index (χ2v) is 3.78. The highest BCUT2D eigenvalue weighted by Crippen LogP contribution is 2.24. The van der Waals surface area contributed by atoms with Gasteiger partial charge in [0.25, 0.3) is 0 Å². The van der Waals surface area contributed by atoms with Crippen molar-refractivity contribution in [2.24, 2.45) is 0 Å². The maximum absolute atomic E-state index is 11.5. The van der Waals surface area contributed by atoms with Crippen LogP contribution in [0.2, 0.25) is 0 Å². The molecule has 0 spiro atoms. The number of carbonyl (C=O) groups excluding carboxylic acids is 1. The number of aliphatic hydroxyl groups is 3. The third kappa shape index (κ3) is 4.06. The van der Waals surface area contributed by atoms with Gasteiger partial charge in [0.15, 0.2) is 0 Å². The fourth-order valence-corrected chi connectivity index (χ4v) is 1.61. The van der Waals surface area contributed by atoms with E-state index in [1.54, 1.807) is 12.1 Å². The second-order valence-electron chi connectivity index (χ2n) is 3.78. The average Bonchev–Trinajstić information content (AvgIpc) is 2.44. The number of hydrogen-bond acceptors (Lipinski definition) is 5. The summed E-state index contributed by atoms with van der Waals surface area (Å²) in [4.78, 5) is 11.5. The zero-order chi connectivity index (χ0) is 14.3. The van der Waals surface area contributed by atoms with Crippen molar-refractivity contribution in [3.05, 3.63) is 41.5 Å². The molecule has 0 bridgehead atoms. The molecule has 6 heteroatoms. The Kier molecular flexibility index (Phi) is 6.01. The lowest BCUT2D eigenvalue weighted by atomic mass is 10.0. The van der Waals surface area contributed by atoms with Crippen molar-refractivity contribution in [3.8, 4) is 0 Å². The molecule has 0 saturated heterocycles. The summed E-state index contributed by atoms with van der Waals surface area (Å²) in [6, 6.07) is 3.09.